The fourth-order valence-corrected chi connectivity index (χ4v) is 3.48. The molecule has 2 aromatic rings. The zero-order valence-electron chi connectivity index (χ0n) is 13.2. The quantitative estimate of drug-likeness (QED) is 0.854. The van der Waals surface area contributed by atoms with Crippen molar-refractivity contribution in [3.8, 4) is 0 Å². The number of hydrogen-bond donors (Lipinski definition) is 1. The molecule has 0 amide bonds. The smallest absolute Gasteiger partial charge is 0.195 e. The average Bonchev–Trinajstić information content (AvgIpc) is 3.06. The Kier molecular flexibility index (Phi) is 4.22. The minimum atomic E-state index is 0.207. The maximum atomic E-state index is 6.23. The minimum absolute atomic E-state index is 0.207. The Labute approximate surface area is 131 Å². The van der Waals surface area contributed by atoms with Crippen molar-refractivity contribution in [3.63, 3.8) is 0 Å². The van der Waals surface area contributed by atoms with Gasteiger partial charge in [-0.15, -0.1) is 11.3 Å². The number of thiazole rings is 1. The fraction of sp³-hybridized carbons (Fsp3) is 0.688. The van der Waals surface area contributed by atoms with Gasteiger partial charge in [0.2, 0.25) is 0 Å². The molecule has 0 radical (unpaired) electrons. The monoisotopic (exact) mass is 306 g/mol. The van der Waals surface area contributed by atoms with Gasteiger partial charge in [-0.3, -0.25) is 4.40 Å². The highest BCUT2D eigenvalue weighted by atomic mass is 32.1. The van der Waals surface area contributed by atoms with Gasteiger partial charge in [0.15, 0.2) is 10.8 Å². The van der Waals surface area contributed by atoms with Gasteiger partial charge in [-0.05, 0) is 39.0 Å². The Morgan fingerprint density at radius 1 is 1.48 bits per heavy atom. The van der Waals surface area contributed by atoms with Gasteiger partial charge in [0.1, 0.15) is 0 Å². The Balaban J connectivity index is 1.97. The lowest BCUT2D eigenvalue weighted by Crippen LogP contribution is -2.34. The van der Waals surface area contributed by atoms with Gasteiger partial charge in [-0.2, -0.15) is 0 Å². The third-order valence-electron chi connectivity index (χ3n) is 4.37. The third-order valence-corrected chi connectivity index (χ3v) is 5.12. The molecule has 1 fully saturated rings. The summed E-state index contributed by atoms with van der Waals surface area (Å²) in [4.78, 5) is 8.48. The third kappa shape index (κ3) is 3.09. The molecule has 1 aliphatic carbocycles. The van der Waals surface area contributed by atoms with E-state index in [0.717, 1.165) is 36.1 Å². The first-order chi connectivity index (χ1) is 10.1. The molecule has 0 aliphatic heterocycles. The first kappa shape index (κ1) is 14.9. The predicted molar refractivity (Wildman–Crippen MR) is 90.2 cm³/mol. The first-order valence-electron chi connectivity index (χ1n) is 8.06. The number of anilines is 1. The summed E-state index contributed by atoms with van der Waals surface area (Å²) < 4.78 is 2.23. The Bertz CT molecular complexity index is 596. The molecule has 2 aromatic heterocycles. The summed E-state index contributed by atoms with van der Waals surface area (Å²) in [5.74, 6) is 2.02. The number of imidazole rings is 1. The van der Waals surface area contributed by atoms with E-state index in [-0.39, 0.29) is 6.04 Å². The van der Waals surface area contributed by atoms with Crippen molar-refractivity contribution in [1.82, 2.24) is 9.38 Å². The van der Waals surface area contributed by atoms with Crippen LogP contribution in [0, 0.1) is 5.92 Å². The number of nitrogens with zero attached hydrogens (tertiary/aromatic N) is 3. The van der Waals surface area contributed by atoms with Crippen LogP contribution in [0.2, 0.25) is 0 Å². The van der Waals surface area contributed by atoms with E-state index in [1.807, 2.05) is 0 Å². The van der Waals surface area contributed by atoms with Crippen molar-refractivity contribution in [3.05, 3.63) is 17.3 Å². The van der Waals surface area contributed by atoms with E-state index in [1.54, 1.807) is 11.3 Å². The summed E-state index contributed by atoms with van der Waals surface area (Å²) in [6.07, 6.45) is 6.77. The molecular formula is C16H26N4S. The van der Waals surface area contributed by atoms with Crippen LogP contribution in [0.4, 0.5) is 5.82 Å². The molecule has 0 saturated heterocycles. The van der Waals surface area contributed by atoms with Crippen LogP contribution < -0.4 is 10.6 Å². The minimum Gasteiger partial charge on any atom is -0.352 e. The van der Waals surface area contributed by atoms with Gasteiger partial charge >= 0.3 is 0 Å². The molecule has 5 heteroatoms. The van der Waals surface area contributed by atoms with Crippen LogP contribution in [0.5, 0.6) is 0 Å². The van der Waals surface area contributed by atoms with E-state index in [0.29, 0.717) is 6.04 Å². The predicted octanol–water partition coefficient (Wildman–Crippen LogP) is 3.30. The van der Waals surface area contributed by atoms with Gasteiger partial charge in [0.05, 0.1) is 5.69 Å². The highest BCUT2D eigenvalue weighted by molar-refractivity contribution is 7.15. The largest absolute Gasteiger partial charge is 0.352 e. The lowest BCUT2D eigenvalue weighted by atomic mass is 10.1. The Morgan fingerprint density at radius 2 is 2.24 bits per heavy atom. The summed E-state index contributed by atoms with van der Waals surface area (Å²) in [5, 5.41) is 2.10. The summed E-state index contributed by atoms with van der Waals surface area (Å²) in [5.41, 5.74) is 7.51. The summed E-state index contributed by atoms with van der Waals surface area (Å²) >= 11 is 1.71. The molecule has 4 nitrogen and oxygen atoms in total. The standard InChI is InChI=1S/C16H26N4S/c1-4-13(17)9-14-15(18-16-19(14)7-8-21-16)20(11(2)3)10-12-5-6-12/h7-8,11-13H,4-6,9-10,17H2,1-3H3. The molecule has 0 aromatic carbocycles. The number of nitrogens with two attached hydrogens (primary N) is 1. The molecule has 3 rings (SSSR count). The maximum absolute atomic E-state index is 6.23. The molecule has 2 N–H and O–H groups in total. The van der Waals surface area contributed by atoms with Crippen LogP contribution in [0.15, 0.2) is 11.6 Å². The van der Waals surface area contributed by atoms with Gasteiger partial charge < -0.3 is 10.6 Å². The summed E-state index contributed by atoms with van der Waals surface area (Å²) in [6.45, 7) is 7.82. The molecule has 0 bridgehead atoms. The second-order valence-electron chi connectivity index (χ2n) is 6.50. The second kappa shape index (κ2) is 5.97. The van der Waals surface area contributed by atoms with E-state index >= 15 is 0 Å². The number of aromatic nitrogens is 2. The first-order valence-corrected chi connectivity index (χ1v) is 8.94. The normalized spacial score (nSPS) is 16.8. The van der Waals surface area contributed by atoms with Gasteiger partial charge in [-0.25, -0.2) is 4.98 Å². The zero-order valence-corrected chi connectivity index (χ0v) is 14.1. The van der Waals surface area contributed by atoms with Gasteiger partial charge in [-0.1, -0.05) is 6.92 Å². The molecule has 1 unspecified atom stereocenters. The Morgan fingerprint density at radius 3 is 2.86 bits per heavy atom. The van der Waals surface area contributed by atoms with Crippen molar-refractivity contribution in [2.45, 2.75) is 58.5 Å². The average molecular weight is 306 g/mol. The van der Waals surface area contributed by atoms with E-state index in [2.05, 4.69) is 41.6 Å². The number of fused-ring (bicyclic) bond motifs is 1. The highest BCUT2D eigenvalue weighted by Gasteiger charge is 2.29. The summed E-state index contributed by atoms with van der Waals surface area (Å²) in [6, 6.07) is 0.685. The fourth-order valence-electron chi connectivity index (χ4n) is 2.75. The topological polar surface area (TPSA) is 46.6 Å². The lowest BCUT2D eigenvalue weighted by Gasteiger charge is -2.28. The Hall–Kier alpha value is -1.07. The molecule has 1 aliphatic rings. The van der Waals surface area contributed by atoms with Crippen molar-refractivity contribution < 1.29 is 0 Å². The molecule has 2 heterocycles. The van der Waals surface area contributed by atoms with Crippen LogP contribution in [0.3, 0.4) is 0 Å². The van der Waals surface area contributed by atoms with Crippen LogP contribution in [-0.2, 0) is 6.42 Å². The van der Waals surface area contributed by atoms with Crippen LogP contribution in [-0.4, -0.2) is 28.0 Å². The SMILES string of the molecule is CCC(N)Cc1c(N(CC2CC2)C(C)C)nc2sccn12. The molecule has 116 valence electrons. The van der Waals surface area contributed by atoms with E-state index in [1.165, 1.54) is 18.5 Å². The van der Waals surface area contributed by atoms with Crippen molar-refractivity contribution in [2.75, 3.05) is 11.4 Å². The van der Waals surface area contributed by atoms with Crippen LogP contribution in [0.25, 0.3) is 4.96 Å². The lowest BCUT2D eigenvalue weighted by molar-refractivity contribution is 0.612. The van der Waals surface area contributed by atoms with Crippen LogP contribution >= 0.6 is 11.3 Å². The van der Waals surface area contributed by atoms with Gasteiger partial charge in [0, 0.05) is 36.6 Å². The molecular weight excluding hydrogens is 280 g/mol. The highest BCUT2D eigenvalue weighted by Crippen LogP contribution is 2.34. The molecule has 0 spiro atoms. The van der Waals surface area contributed by atoms with Gasteiger partial charge in [0.25, 0.3) is 0 Å². The van der Waals surface area contributed by atoms with E-state index in [9.17, 15) is 0 Å². The molecule has 21 heavy (non-hydrogen) atoms. The second-order valence-corrected chi connectivity index (χ2v) is 7.37. The number of hydrogen-bond acceptors (Lipinski definition) is 4. The summed E-state index contributed by atoms with van der Waals surface area (Å²) in [7, 11) is 0. The molecule has 1 atom stereocenters. The maximum Gasteiger partial charge on any atom is 0.195 e. The number of rotatable bonds is 7. The van der Waals surface area contributed by atoms with Crippen molar-refractivity contribution in [1.29, 1.82) is 0 Å². The van der Waals surface area contributed by atoms with E-state index in [4.69, 9.17) is 10.7 Å². The zero-order chi connectivity index (χ0) is 15.0. The van der Waals surface area contributed by atoms with E-state index < -0.39 is 0 Å². The van der Waals surface area contributed by atoms with Crippen molar-refractivity contribution in [2.24, 2.45) is 11.7 Å². The molecule has 1 saturated carbocycles. The van der Waals surface area contributed by atoms with Crippen LogP contribution in [0.1, 0.15) is 45.7 Å². The van der Waals surface area contributed by atoms with Crippen molar-refractivity contribution >= 4 is 22.1 Å².